The highest BCUT2D eigenvalue weighted by Gasteiger charge is 2.15. The summed E-state index contributed by atoms with van der Waals surface area (Å²) in [5, 5.41) is 2.18. The highest BCUT2D eigenvalue weighted by molar-refractivity contribution is 6.06. The van der Waals surface area contributed by atoms with Gasteiger partial charge in [0.15, 0.2) is 6.20 Å². The smallest absolute Gasteiger partial charge is 0.212 e. The van der Waals surface area contributed by atoms with Crippen LogP contribution in [0.5, 0.6) is 0 Å². The standard InChI is InChI=1S/C18H15N2O/c1-12-9-18-14(15-11-19-7-6-17(15)21-18)10-13(12)16-5-3-4-8-20(16)2/h3-11H,1-2H3/q+1. The van der Waals surface area contributed by atoms with Gasteiger partial charge in [-0.1, -0.05) is 0 Å². The van der Waals surface area contributed by atoms with Crippen molar-refractivity contribution in [2.75, 3.05) is 0 Å². The van der Waals surface area contributed by atoms with Crippen LogP contribution in [-0.2, 0) is 7.05 Å². The lowest BCUT2D eigenvalue weighted by molar-refractivity contribution is -0.660. The predicted molar refractivity (Wildman–Crippen MR) is 82.9 cm³/mol. The van der Waals surface area contributed by atoms with E-state index < -0.39 is 0 Å². The molecule has 3 aromatic heterocycles. The van der Waals surface area contributed by atoms with Gasteiger partial charge in [0, 0.05) is 40.9 Å². The first-order chi connectivity index (χ1) is 10.2. The first-order valence-electron chi connectivity index (χ1n) is 6.96. The second kappa shape index (κ2) is 4.42. The van der Waals surface area contributed by atoms with E-state index in [2.05, 4.69) is 54.0 Å². The third kappa shape index (κ3) is 1.82. The summed E-state index contributed by atoms with van der Waals surface area (Å²) in [6.45, 7) is 2.12. The van der Waals surface area contributed by atoms with Gasteiger partial charge in [-0.05, 0) is 36.8 Å². The van der Waals surface area contributed by atoms with E-state index in [-0.39, 0.29) is 0 Å². The predicted octanol–water partition coefficient (Wildman–Crippen LogP) is 3.78. The number of hydrogen-bond acceptors (Lipinski definition) is 2. The minimum Gasteiger partial charge on any atom is -0.456 e. The molecule has 0 spiro atoms. The van der Waals surface area contributed by atoms with Crippen LogP contribution in [0.4, 0.5) is 0 Å². The number of furan rings is 1. The topological polar surface area (TPSA) is 29.9 Å². The quantitative estimate of drug-likeness (QED) is 0.495. The number of rotatable bonds is 1. The van der Waals surface area contributed by atoms with Crippen molar-refractivity contribution in [1.29, 1.82) is 0 Å². The summed E-state index contributed by atoms with van der Waals surface area (Å²) in [6, 6.07) is 12.5. The SMILES string of the molecule is Cc1cc2oc3ccncc3c2cc1-c1cccc[n+]1C. The first-order valence-corrected chi connectivity index (χ1v) is 6.96. The third-order valence-electron chi connectivity index (χ3n) is 3.95. The Morgan fingerprint density at radius 1 is 1.05 bits per heavy atom. The normalized spacial score (nSPS) is 11.3. The zero-order valence-corrected chi connectivity index (χ0v) is 12.0. The van der Waals surface area contributed by atoms with Gasteiger partial charge in [0.05, 0.1) is 0 Å². The highest BCUT2D eigenvalue weighted by Crippen LogP contribution is 2.33. The molecule has 0 amide bonds. The monoisotopic (exact) mass is 275 g/mol. The summed E-state index contributed by atoms with van der Waals surface area (Å²) in [7, 11) is 2.06. The molecule has 0 aliphatic rings. The fourth-order valence-corrected chi connectivity index (χ4v) is 2.85. The van der Waals surface area contributed by atoms with E-state index in [1.165, 1.54) is 16.8 Å². The van der Waals surface area contributed by atoms with Crippen molar-refractivity contribution in [3.8, 4) is 11.3 Å². The van der Waals surface area contributed by atoms with E-state index in [1.807, 2.05) is 18.3 Å². The fraction of sp³-hybridized carbons (Fsp3) is 0.111. The lowest BCUT2D eigenvalue weighted by atomic mass is 10.0. The Bertz CT molecular complexity index is 969. The van der Waals surface area contributed by atoms with Crippen LogP contribution in [-0.4, -0.2) is 4.98 Å². The minimum absolute atomic E-state index is 0.883. The van der Waals surface area contributed by atoms with Crippen LogP contribution in [0.2, 0.25) is 0 Å². The Labute approximate surface area is 122 Å². The maximum Gasteiger partial charge on any atom is 0.212 e. The Morgan fingerprint density at radius 3 is 2.81 bits per heavy atom. The molecule has 0 fully saturated rings. The number of aromatic nitrogens is 2. The van der Waals surface area contributed by atoms with Crippen molar-refractivity contribution in [1.82, 2.24) is 4.98 Å². The Hall–Kier alpha value is -2.68. The largest absolute Gasteiger partial charge is 0.456 e. The van der Waals surface area contributed by atoms with E-state index in [1.54, 1.807) is 6.20 Å². The van der Waals surface area contributed by atoms with Gasteiger partial charge in [0.1, 0.15) is 18.2 Å². The molecule has 0 radical (unpaired) electrons. The van der Waals surface area contributed by atoms with Gasteiger partial charge in [-0.25, -0.2) is 4.57 Å². The number of fused-ring (bicyclic) bond motifs is 3. The Kier molecular flexibility index (Phi) is 2.54. The molecule has 0 aliphatic heterocycles. The van der Waals surface area contributed by atoms with Gasteiger partial charge in [0.25, 0.3) is 0 Å². The van der Waals surface area contributed by atoms with Crippen molar-refractivity contribution in [3.63, 3.8) is 0 Å². The van der Waals surface area contributed by atoms with Crippen LogP contribution in [0.3, 0.4) is 0 Å². The van der Waals surface area contributed by atoms with Crippen molar-refractivity contribution in [3.05, 3.63) is 60.6 Å². The maximum absolute atomic E-state index is 5.91. The molecule has 4 aromatic rings. The van der Waals surface area contributed by atoms with Crippen LogP contribution in [0.15, 0.2) is 59.4 Å². The Balaban J connectivity index is 2.08. The first kappa shape index (κ1) is 12.1. The molecule has 3 heteroatoms. The van der Waals surface area contributed by atoms with Crippen LogP contribution < -0.4 is 4.57 Å². The molecule has 1 aromatic carbocycles. The number of nitrogens with zero attached hydrogens (tertiary/aromatic N) is 2. The number of benzene rings is 1. The van der Waals surface area contributed by atoms with E-state index in [0.29, 0.717) is 0 Å². The number of pyridine rings is 2. The molecule has 0 N–H and O–H groups in total. The van der Waals surface area contributed by atoms with Gasteiger partial charge in [-0.2, -0.15) is 0 Å². The summed E-state index contributed by atoms with van der Waals surface area (Å²) < 4.78 is 8.04. The summed E-state index contributed by atoms with van der Waals surface area (Å²) in [6.07, 6.45) is 5.69. The highest BCUT2D eigenvalue weighted by atomic mass is 16.3. The molecular formula is C18H15N2O+. The van der Waals surface area contributed by atoms with E-state index in [0.717, 1.165) is 21.9 Å². The molecular weight excluding hydrogens is 260 g/mol. The average molecular weight is 275 g/mol. The average Bonchev–Trinajstić information content (AvgIpc) is 2.84. The fourth-order valence-electron chi connectivity index (χ4n) is 2.85. The van der Waals surface area contributed by atoms with E-state index in [4.69, 9.17) is 4.42 Å². The molecule has 0 saturated carbocycles. The maximum atomic E-state index is 5.91. The van der Waals surface area contributed by atoms with E-state index in [9.17, 15) is 0 Å². The van der Waals surface area contributed by atoms with Crippen LogP contribution >= 0.6 is 0 Å². The lowest BCUT2D eigenvalue weighted by Gasteiger charge is -2.04. The molecule has 0 bridgehead atoms. The summed E-state index contributed by atoms with van der Waals surface area (Å²) in [4.78, 5) is 4.21. The van der Waals surface area contributed by atoms with Crippen molar-refractivity contribution in [2.24, 2.45) is 7.05 Å². The summed E-state index contributed by atoms with van der Waals surface area (Å²) in [5.41, 5.74) is 5.41. The lowest BCUT2D eigenvalue weighted by Crippen LogP contribution is -2.30. The molecule has 102 valence electrons. The molecule has 0 saturated heterocycles. The van der Waals surface area contributed by atoms with Gasteiger partial charge in [-0.15, -0.1) is 0 Å². The zero-order valence-electron chi connectivity index (χ0n) is 12.0. The minimum atomic E-state index is 0.883. The second-order valence-corrected chi connectivity index (χ2v) is 5.33. The van der Waals surface area contributed by atoms with Crippen molar-refractivity contribution >= 4 is 21.9 Å². The Morgan fingerprint density at radius 2 is 1.95 bits per heavy atom. The van der Waals surface area contributed by atoms with Crippen LogP contribution in [0, 0.1) is 6.92 Å². The molecule has 21 heavy (non-hydrogen) atoms. The zero-order chi connectivity index (χ0) is 14.4. The molecule has 4 rings (SSSR count). The van der Waals surface area contributed by atoms with Gasteiger partial charge >= 0.3 is 0 Å². The van der Waals surface area contributed by atoms with Gasteiger partial charge < -0.3 is 4.42 Å². The molecule has 3 nitrogen and oxygen atoms in total. The number of hydrogen-bond donors (Lipinski definition) is 0. The number of aryl methyl sites for hydroxylation is 2. The second-order valence-electron chi connectivity index (χ2n) is 5.33. The van der Waals surface area contributed by atoms with E-state index >= 15 is 0 Å². The third-order valence-corrected chi connectivity index (χ3v) is 3.95. The van der Waals surface area contributed by atoms with Gasteiger partial charge in [0.2, 0.25) is 5.69 Å². The van der Waals surface area contributed by atoms with Crippen molar-refractivity contribution in [2.45, 2.75) is 6.92 Å². The van der Waals surface area contributed by atoms with Crippen LogP contribution in [0.1, 0.15) is 5.56 Å². The summed E-state index contributed by atoms with van der Waals surface area (Å²) in [5.74, 6) is 0. The molecule has 0 atom stereocenters. The molecule has 0 unspecified atom stereocenters. The van der Waals surface area contributed by atoms with Crippen molar-refractivity contribution < 1.29 is 8.98 Å². The van der Waals surface area contributed by atoms with Crippen LogP contribution in [0.25, 0.3) is 33.2 Å². The summed E-state index contributed by atoms with van der Waals surface area (Å²) >= 11 is 0. The van der Waals surface area contributed by atoms with Gasteiger partial charge in [-0.3, -0.25) is 4.98 Å². The molecule has 3 heterocycles. The molecule has 0 aliphatic carbocycles.